The molecule has 152 valence electrons. The van der Waals surface area contributed by atoms with Gasteiger partial charge in [0, 0.05) is 18.3 Å². The normalized spacial score (nSPS) is 20.2. The molecule has 0 unspecified atom stereocenters. The van der Waals surface area contributed by atoms with E-state index in [1.165, 1.54) is 0 Å². The van der Waals surface area contributed by atoms with Crippen molar-refractivity contribution in [1.29, 1.82) is 0 Å². The van der Waals surface area contributed by atoms with Gasteiger partial charge in [0.05, 0.1) is 33.0 Å². The number of para-hydroxylation sites is 1. The lowest BCUT2D eigenvalue weighted by molar-refractivity contribution is 0.411. The van der Waals surface area contributed by atoms with Gasteiger partial charge in [-0.15, -0.1) is 0 Å². The number of amidine groups is 1. The average molecular weight is 431 g/mol. The van der Waals surface area contributed by atoms with Gasteiger partial charge >= 0.3 is 0 Å². The predicted molar refractivity (Wildman–Crippen MR) is 121 cm³/mol. The summed E-state index contributed by atoms with van der Waals surface area (Å²) in [4.78, 5) is 4.53. The molecule has 6 nitrogen and oxygen atoms in total. The number of nitrogens with two attached hydrogens (primary N) is 2. The molecule has 0 bridgehead atoms. The van der Waals surface area contributed by atoms with Crippen LogP contribution in [0.5, 0.6) is 0 Å². The van der Waals surface area contributed by atoms with Gasteiger partial charge < -0.3 is 16.8 Å². The Morgan fingerprint density at radius 3 is 2.59 bits per heavy atom. The molecule has 2 heterocycles. The lowest BCUT2D eigenvalue weighted by Gasteiger charge is -2.28. The number of aryl methyl sites for hydroxylation is 1. The summed E-state index contributed by atoms with van der Waals surface area (Å²) in [6.07, 6.45) is 7.76. The topological polar surface area (TPSA) is 93.7 Å². The minimum absolute atomic E-state index is 0.287. The van der Waals surface area contributed by atoms with Crippen LogP contribution in [0.2, 0.25) is 10.0 Å². The van der Waals surface area contributed by atoms with E-state index < -0.39 is 0 Å². The van der Waals surface area contributed by atoms with Gasteiger partial charge in [-0.05, 0) is 56.4 Å². The van der Waals surface area contributed by atoms with Crippen LogP contribution < -0.4 is 16.8 Å². The number of aliphatic imine (C=N–C) groups is 1. The van der Waals surface area contributed by atoms with E-state index in [4.69, 9.17) is 34.7 Å². The van der Waals surface area contributed by atoms with E-state index in [1.807, 2.05) is 17.6 Å². The molecule has 1 aliphatic rings. The molecule has 0 radical (unpaired) electrons. The molecule has 5 N–H and O–H groups in total. The first-order valence-electron chi connectivity index (χ1n) is 9.71. The minimum atomic E-state index is 0.287. The first-order chi connectivity index (χ1) is 13.9. The van der Waals surface area contributed by atoms with Crippen molar-refractivity contribution in [2.45, 2.75) is 44.7 Å². The minimum Gasteiger partial charge on any atom is -0.383 e. The highest BCUT2D eigenvalue weighted by atomic mass is 35.5. The van der Waals surface area contributed by atoms with E-state index in [2.05, 4.69) is 21.5 Å². The van der Waals surface area contributed by atoms with Gasteiger partial charge in [-0.2, -0.15) is 5.10 Å². The molecule has 3 aromatic rings. The van der Waals surface area contributed by atoms with Crippen LogP contribution in [0.4, 0.5) is 11.4 Å². The van der Waals surface area contributed by atoms with Crippen LogP contribution in [-0.4, -0.2) is 27.5 Å². The van der Waals surface area contributed by atoms with E-state index >= 15 is 0 Å². The lowest BCUT2D eigenvalue weighted by Crippen LogP contribution is -2.33. The Kier molecular flexibility index (Phi) is 5.67. The third-order valence-electron chi connectivity index (χ3n) is 5.34. The summed E-state index contributed by atoms with van der Waals surface area (Å²) >= 11 is 12.5. The lowest BCUT2D eigenvalue weighted by atomic mass is 9.91. The number of nitrogens with one attached hydrogen (secondary N) is 1. The van der Waals surface area contributed by atoms with Crippen LogP contribution in [0.15, 0.2) is 41.7 Å². The Hall–Kier alpha value is -2.28. The van der Waals surface area contributed by atoms with Crippen molar-refractivity contribution in [3.63, 3.8) is 0 Å². The maximum atomic E-state index is 6.41. The Bertz CT molecular complexity index is 1050. The van der Waals surface area contributed by atoms with Crippen LogP contribution in [0.25, 0.3) is 5.52 Å². The molecule has 0 saturated heterocycles. The van der Waals surface area contributed by atoms with Gasteiger partial charge in [0.1, 0.15) is 11.5 Å². The number of hydrogen-bond donors (Lipinski definition) is 3. The van der Waals surface area contributed by atoms with Gasteiger partial charge in [0.25, 0.3) is 0 Å². The van der Waals surface area contributed by atoms with Gasteiger partial charge in [-0.1, -0.05) is 29.3 Å². The molecule has 0 spiro atoms. The zero-order valence-corrected chi connectivity index (χ0v) is 17.7. The van der Waals surface area contributed by atoms with Crippen LogP contribution in [0.3, 0.4) is 0 Å². The third kappa shape index (κ3) is 4.20. The molecule has 0 amide bonds. The van der Waals surface area contributed by atoms with E-state index in [9.17, 15) is 0 Å². The maximum Gasteiger partial charge on any atom is 0.135 e. The highest BCUT2D eigenvalue weighted by Gasteiger charge is 2.22. The molecule has 1 saturated carbocycles. The monoisotopic (exact) mass is 430 g/mol. The number of aromatic nitrogens is 2. The smallest absolute Gasteiger partial charge is 0.135 e. The van der Waals surface area contributed by atoms with Crippen molar-refractivity contribution < 1.29 is 0 Å². The van der Waals surface area contributed by atoms with Gasteiger partial charge in [0.15, 0.2) is 0 Å². The van der Waals surface area contributed by atoms with Crippen molar-refractivity contribution in [3.8, 4) is 0 Å². The predicted octanol–water partition coefficient (Wildman–Crippen LogP) is 4.67. The summed E-state index contributed by atoms with van der Waals surface area (Å²) in [5.41, 5.74) is 16.7. The average Bonchev–Trinajstić information content (AvgIpc) is 3.07. The molecular formula is C21H24Cl2N6. The Labute approximate surface area is 179 Å². The Morgan fingerprint density at radius 1 is 1.21 bits per heavy atom. The zero-order chi connectivity index (χ0) is 20.5. The zero-order valence-electron chi connectivity index (χ0n) is 16.2. The van der Waals surface area contributed by atoms with Crippen molar-refractivity contribution in [2.24, 2.45) is 16.5 Å². The number of halogens is 2. The largest absolute Gasteiger partial charge is 0.383 e. The quantitative estimate of drug-likeness (QED) is 0.414. The fourth-order valence-corrected chi connectivity index (χ4v) is 4.26. The number of anilines is 1. The van der Waals surface area contributed by atoms with Crippen LogP contribution in [0.1, 0.15) is 36.8 Å². The standard InChI is InChI=1S/C21H24Cl2N6/c1-12-9-18-19(27-14-7-5-13(24)6-8-14)15(10-26-29(18)11-12)21(25)28-20-16(22)3-2-4-17(20)23/h2-4,9-11,13-14,27H,5-8,24H2,1H3,(H2,25,28). The van der Waals surface area contributed by atoms with Gasteiger partial charge in [-0.3, -0.25) is 0 Å². The number of fused-ring (bicyclic) bond motifs is 1. The molecule has 4 rings (SSSR count). The van der Waals surface area contributed by atoms with Crippen molar-refractivity contribution >= 4 is 45.9 Å². The molecule has 0 aliphatic heterocycles. The Balaban J connectivity index is 1.78. The van der Waals surface area contributed by atoms with Crippen molar-refractivity contribution in [3.05, 3.63) is 57.8 Å². The summed E-state index contributed by atoms with van der Waals surface area (Å²) in [5, 5.41) is 9.08. The second-order valence-electron chi connectivity index (χ2n) is 7.60. The molecule has 8 heteroatoms. The van der Waals surface area contributed by atoms with Crippen LogP contribution in [-0.2, 0) is 0 Å². The highest BCUT2D eigenvalue weighted by Crippen LogP contribution is 2.34. The first kappa shape index (κ1) is 20.0. The molecule has 2 aromatic heterocycles. The van der Waals surface area contributed by atoms with E-state index in [-0.39, 0.29) is 6.04 Å². The molecule has 0 atom stereocenters. The summed E-state index contributed by atoms with van der Waals surface area (Å²) in [6.45, 7) is 2.04. The maximum absolute atomic E-state index is 6.41. The molecule has 1 fully saturated rings. The third-order valence-corrected chi connectivity index (χ3v) is 5.95. The molecule has 29 heavy (non-hydrogen) atoms. The molecule has 1 aliphatic carbocycles. The van der Waals surface area contributed by atoms with Crippen LogP contribution >= 0.6 is 23.2 Å². The van der Waals surface area contributed by atoms with E-state index in [0.717, 1.165) is 48.0 Å². The second-order valence-corrected chi connectivity index (χ2v) is 8.42. The fourth-order valence-electron chi connectivity index (χ4n) is 3.78. The highest BCUT2D eigenvalue weighted by molar-refractivity contribution is 6.39. The van der Waals surface area contributed by atoms with Gasteiger partial charge in [-0.25, -0.2) is 9.51 Å². The molecule has 1 aromatic carbocycles. The molecular weight excluding hydrogens is 407 g/mol. The van der Waals surface area contributed by atoms with Crippen molar-refractivity contribution in [1.82, 2.24) is 9.61 Å². The summed E-state index contributed by atoms with van der Waals surface area (Å²) < 4.78 is 1.85. The summed E-state index contributed by atoms with van der Waals surface area (Å²) in [5.74, 6) is 0.309. The van der Waals surface area contributed by atoms with Crippen molar-refractivity contribution in [2.75, 3.05) is 5.32 Å². The number of benzene rings is 1. The number of hydrogen-bond acceptors (Lipinski definition) is 4. The SMILES string of the molecule is Cc1cc2c(NC3CCC(N)CC3)c(C(N)=Nc3c(Cl)cccc3Cl)cnn2c1. The number of rotatable bonds is 4. The van der Waals surface area contributed by atoms with E-state index in [0.29, 0.717) is 27.6 Å². The second kappa shape index (κ2) is 8.22. The Morgan fingerprint density at radius 2 is 1.90 bits per heavy atom. The number of nitrogens with zero attached hydrogens (tertiary/aromatic N) is 3. The first-order valence-corrected chi connectivity index (χ1v) is 10.5. The van der Waals surface area contributed by atoms with Gasteiger partial charge in [0.2, 0.25) is 0 Å². The van der Waals surface area contributed by atoms with Crippen LogP contribution in [0, 0.1) is 6.92 Å². The summed E-state index contributed by atoms with van der Waals surface area (Å²) in [6, 6.07) is 7.95. The fraction of sp³-hybridized carbons (Fsp3) is 0.333. The summed E-state index contributed by atoms with van der Waals surface area (Å²) in [7, 11) is 0. The van der Waals surface area contributed by atoms with E-state index in [1.54, 1.807) is 24.4 Å².